The zero-order valence-corrected chi connectivity index (χ0v) is 32.9. The maximum atomic E-state index is 12.8. The Morgan fingerprint density at radius 3 is 1.52 bits per heavy atom. The molecule has 6 rings (SSSR count). The van der Waals surface area contributed by atoms with E-state index in [1.807, 2.05) is 44.2 Å². The molecule has 0 fully saturated rings. The lowest BCUT2D eigenvalue weighted by Gasteiger charge is -2.12. The topological polar surface area (TPSA) is 214 Å². The smallest absolute Gasteiger partial charge is 0.326 e. The second-order valence-electron chi connectivity index (χ2n) is 13.2. The molecule has 4 aromatic carbocycles. The highest BCUT2D eigenvalue weighted by atomic mass is 32.2. The van der Waals surface area contributed by atoms with Gasteiger partial charge in [0.1, 0.15) is 9.79 Å². The Hall–Kier alpha value is -6.36. The van der Waals surface area contributed by atoms with Gasteiger partial charge in [0.25, 0.3) is 0 Å². The van der Waals surface area contributed by atoms with Gasteiger partial charge in [-0.2, -0.15) is 36.5 Å². The third-order valence-electron chi connectivity index (χ3n) is 8.47. The molecule has 2 heterocycles. The molecule has 0 unspecified atom stereocenters. The van der Waals surface area contributed by atoms with E-state index in [1.165, 1.54) is 24.3 Å². The number of hydrogen-bond acceptors (Lipinski definition) is 8. The van der Waals surface area contributed by atoms with Crippen LogP contribution < -0.4 is 20.9 Å². The Kier molecular flexibility index (Phi) is 13.0. The molecular weight excluding hydrogens is 843 g/mol. The Morgan fingerprint density at radius 2 is 1.10 bits per heavy atom. The summed E-state index contributed by atoms with van der Waals surface area (Å²) in [6, 6.07) is 21.9. The summed E-state index contributed by atoms with van der Waals surface area (Å²) in [6.45, 7) is 3.74. The average molecular weight is 877 g/mol. The molecule has 0 aliphatic heterocycles. The van der Waals surface area contributed by atoms with Crippen LogP contribution in [-0.4, -0.2) is 48.2 Å². The van der Waals surface area contributed by atoms with Crippen molar-refractivity contribution in [3.8, 4) is 11.4 Å². The number of anilines is 2. The molecule has 0 bridgehead atoms. The minimum absolute atomic E-state index is 0.0578. The summed E-state index contributed by atoms with van der Waals surface area (Å²) in [5.74, 6) is -0.789. The van der Waals surface area contributed by atoms with Crippen molar-refractivity contribution >= 4 is 43.2 Å². The summed E-state index contributed by atoms with van der Waals surface area (Å²) in [5.41, 5.74) is 1.30. The zero-order valence-electron chi connectivity index (χ0n) is 31.3. The predicted octanol–water partition coefficient (Wildman–Crippen LogP) is 6.06. The Balaban J connectivity index is 0.000000228. The van der Waals surface area contributed by atoms with Gasteiger partial charge >= 0.3 is 12.4 Å². The first-order chi connectivity index (χ1) is 27.9. The van der Waals surface area contributed by atoms with Crippen molar-refractivity contribution < 1.29 is 52.8 Å². The molecular formula is C38H34F6N8O6S2. The van der Waals surface area contributed by atoms with Crippen LogP contribution in [0.4, 0.5) is 37.7 Å². The number of alkyl halides is 6. The maximum Gasteiger partial charge on any atom is 0.419 e. The number of benzene rings is 4. The van der Waals surface area contributed by atoms with E-state index < -0.39 is 65.1 Å². The number of carbonyl (C=O) groups excluding carboxylic acids is 2. The number of aryl methyl sites for hydroxylation is 2. The van der Waals surface area contributed by atoms with Gasteiger partial charge in [0.2, 0.25) is 31.9 Å². The molecule has 6 N–H and O–H groups in total. The summed E-state index contributed by atoms with van der Waals surface area (Å²) in [6.07, 6.45) is -6.70. The van der Waals surface area contributed by atoms with Crippen LogP contribution >= 0.6 is 0 Å². The number of nitrogens with one attached hydrogen (secondary N) is 2. The number of rotatable bonds is 10. The lowest BCUT2D eigenvalue weighted by molar-refractivity contribution is -0.138. The molecule has 22 heteroatoms. The SMILES string of the molecule is Cc1cccc(CC(=O)Nc2ccc(-n3cc(C(F)(F)F)cn3)c(S(N)(=O)=O)c2)c1.Cc1ccccc1CC(=O)Nc1ccc(-n2cc(C(F)(F)F)cn2)c(S(N)(=O)=O)c1. The zero-order chi connectivity index (χ0) is 44.2. The number of aromatic nitrogens is 4. The number of hydrogen-bond donors (Lipinski definition) is 4. The third kappa shape index (κ3) is 11.6. The number of halogens is 6. The highest BCUT2D eigenvalue weighted by molar-refractivity contribution is 7.89. The van der Waals surface area contributed by atoms with E-state index in [2.05, 4.69) is 20.8 Å². The summed E-state index contributed by atoms with van der Waals surface area (Å²) in [5, 5.41) is 22.7. The fourth-order valence-corrected chi connectivity index (χ4v) is 7.11. The average Bonchev–Trinajstić information content (AvgIpc) is 3.84. The molecule has 60 heavy (non-hydrogen) atoms. The summed E-state index contributed by atoms with van der Waals surface area (Å²) < 4.78 is 126. The van der Waals surface area contributed by atoms with Gasteiger partial charge in [-0.25, -0.2) is 36.5 Å². The van der Waals surface area contributed by atoms with Gasteiger partial charge in [-0.1, -0.05) is 54.1 Å². The van der Waals surface area contributed by atoms with Gasteiger partial charge < -0.3 is 10.6 Å². The van der Waals surface area contributed by atoms with Crippen molar-refractivity contribution in [2.24, 2.45) is 10.3 Å². The van der Waals surface area contributed by atoms with E-state index in [9.17, 15) is 52.8 Å². The monoisotopic (exact) mass is 876 g/mol. The van der Waals surface area contributed by atoms with Crippen LogP contribution in [0.1, 0.15) is 33.4 Å². The van der Waals surface area contributed by atoms with Crippen molar-refractivity contribution in [3.05, 3.63) is 143 Å². The van der Waals surface area contributed by atoms with Gasteiger partial charge in [0, 0.05) is 23.8 Å². The van der Waals surface area contributed by atoms with E-state index in [-0.39, 0.29) is 35.6 Å². The molecule has 0 radical (unpaired) electrons. The van der Waals surface area contributed by atoms with Crippen LogP contribution in [0.5, 0.6) is 0 Å². The molecule has 0 spiro atoms. The molecule has 14 nitrogen and oxygen atoms in total. The highest BCUT2D eigenvalue weighted by Crippen LogP contribution is 2.32. The quantitative estimate of drug-likeness (QED) is 0.119. The molecule has 2 amide bonds. The number of carbonyl (C=O) groups is 2. The largest absolute Gasteiger partial charge is 0.419 e. The van der Waals surface area contributed by atoms with Crippen molar-refractivity contribution in [2.75, 3.05) is 10.6 Å². The van der Waals surface area contributed by atoms with Crippen molar-refractivity contribution in [2.45, 2.75) is 48.8 Å². The van der Waals surface area contributed by atoms with Crippen molar-refractivity contribution in [1.29, 1.82) is 0 Å². The Labute approximate surface area is 338 Å². The Morgan fingerprint density at radius 1 is 0.633 bits per heavy atom. The van der Waals surface area contributed by atoms with Crippen LogP contribution in [0.2, 0.25) is 0 Å². The van der Waals surface area contributed by atoms with E-state index >= 15 is 0 Å². The molecule has 0 saturated heterocycles. The lowest BCUT2D eigenvalue weighted by Crippen LogP contribution is -2.18. The van der Waals surface area contributed by atoms with Crippen LogP contribution in [0.3, 0.4) is 0 Å². The lowest BCUT2D eigenvalue weighted by atomic mass is 10.1. The van der Waals surface area contributed by atoms with Crippen molar-refractivity contribution in [1.82, 2.24) is 19.6 Å². The van der Waals surface area contributed by atoms with E-state index in [4.69, 9.17) is 10.3 Å². The first-order valence-corrected chi connectivity index (χ1v) is 20.3. The maximum absolute atomic E-state index is 12.8. The molecule has 316 valence electrons. The van der Waals surface area contributed by atoms with Crippen LogP contribution in [0, 0.1) is 13.8 Å². The third-order valence-corrected chi connectivity index (χ3v) is 10.4. The minimum atomic E-state index is -4.64. The van der Waals surface area contributed by atoms with Crippen LogP contribution in [-0.2, 0) is 54.8 Å². The van der Waals surface area contributed by atoms with Gasteiger partial charge in [-0.15, -0.1) is 0 Å². The first-order valence-electron chi connectivity index (χ1n) is 17.2. The molecule has 0 saturated carbocycles. The number of sulfonamides is 2. The molecule has 2 aromatic heterocycles. The molecule has 6 aromatic rings. The van der Waals surface area contributed by atoms with E-state index in [0.29, 0.717) is 24.8 Å². The minimum Gasteiger partial charge on any atom is -0.326 e. The van der Waals surface area contributed by atoms with E-state index in [1.54, 1.807) is 18.2 Å². The standard InChI is InChI=1S/2C19H17F3N4O3S/c1-12-3-2-4-13(7-12)8-18(27)25-15-5-6-16(17(9-15)30(23,28)29)26-11-14(10-24-26)19(20,21)22;1-12-4-2-3-5-13(12)8-18(27)25-15-6-7-16(17(9-15)30(23,28)29)26-11-14(10-24-26)19(20,21)22/h2*2-7,9-11H,8H2,1H3,(H,25,27)(H2,23,28,29). The predicted molar refractivity (Wildman–Crippen MR) is 207 cm³/mol. The van der Waals surface area contributed by atoms with Gasteiger partial charge in [-0.3, -0.25) is 9.59 Å². The molecule has 0 atom stereocenters. The van der Waals surface area contributed by atoms with Gasteiger partial charge in [0.15, 0.2) is 0 Å². The van der Waals surface area contributed by atoms with E-state index in [0.717, 1.165) is 43.8 Å². The number of primary sulfonamides is 2. The fourth-order valence-electron chi connectivity index (χ4n) is 5.62. The Bertz CT molecular complexity index is 2790. The normalized spacial score (nSPS) is 12.0. The van der Waals surface area contributed by atoms with Crippen molar-refractivity contribution in [3.63, 3.8) is 0 Å². The molecule has 0 aliphatic carbocycles. The fraction of sp³-hybridized carbons (Fsp3) is 0.158. The van der Waals surface area contributed by atoms with Crippen LogP contribution in [0.15, 0.2) is 120 Å². The summed E-state index contributed by atoms with van der Waals surface area (Å²) in [7, 11) is -8.65. The highest BCUT2D eigenvalue weighted by Gasteiger charge is 2.34. The number of amides is 2. The second-order valence-corrected chi connectivity index (χ2v) is 16.2. The summed E-state index contributed by atoms with van der Waals surface area (Å²) >= 11 is 0. The van der Waals surface area contributed by atoms with Gasteiger partial charge in [-0.05, 0) is 66.9 Å². The van der Waals surface area contributed by atoms with Crippen LogP contribution in [0.25, 0.3) is 11.4 Å². The van der Waals surface area contributed by atoms with Gasteiger partial charge in [0.05, 0.1) is 47.7 Å². The number of nitrogens with two attached hydrogens (primary N) is 2. The second kappa shape index (κ2) is 17.5. The number of nitrogens with zero attached hydrogens (tertiary/aromatic N) is 4. The first kappa shape index (κ1) is 44.7. The molecule has 0 aliphatic rings. The summed E-state index contributed by atoms with van der Waals surface area (Å²) in [4.78, 5) is 23.7.